The summed E-state index contributed by atoms with van der Waals surface area (Å²) >= 11 is 0. The van der Waals surface area contributed by atoms with Crippen LogP contribution in [-0.2, 0) is 0 Å². The minimum absolute atomic E-state index is 0. The normalized spacial score (nSPS) is 7.20. The Kier molecular flexibility index (Phi) is 16.3. The fourth-order valence-corrected chi connectivity index (χ4v) is 0. The van der Waals surface area contributed by atoms with Crippen molar-refractivity contribution in [2.75, 3.05) is 0 Å². The second kappa shape index (κ2) is 8.83. The minimum Gasteiger partial charge on any atom is -0.382 e. The van der Waals surface area contributed by atoms with E-state index in [1.54, 1.807) is 12.2 Å². The summed E-state index contributed by atoms with van der Waals surface area (Å²) in [5, 5.41) is 0. The molecule has 0 aliphatic heterocycles. The summed E-state index contributed by atoms with van der Waals surface area (Å²) in [4.78, 5) is 0. The van der Waals surface area contributed by atoms with E-state index in [0.717, 1.165) is 0 Å². The maximum atomic E-state index is 3.36. The zero-order valence-electron chi connectivity index (χ0n) is 3.28. The van der Waals surface area contributed by atoms with Crippen LogP contribution in [0, 0.1) is 13.8 Å². The first-order chi connectivity index (χ1) is 1.91. The van der Waals surface area contributed by atoms with Crippen LogP contribution in [0.15, 0.2) is 12.2 Å². The summed E-state index contributed by atoms with van der Waals surface area (Å²) in [5.74, 6) is 0. The van der Waals surface area contributed by atoms with E-state index in [2.05, 4.69) is 13.8 Å². The van der Waals surface area contributed by atoms with Crippen molar-refractivity contribution in [2.45, 2.75) is 0 Å². The predicted octanol–water partition coefficient (Wildman–Crippen LogP) is 0.830. The standard InChI is InChI=1S/C4H6.Ca/c1-3-4-2;/h3-4H,1-2H2;/q-2;+2. The Morgan fingerprint density at radius 1 is 1.00 bits per heavy atom. The molecule has 0 nitrogen and oxygen atoms in total. The molecule has 24 valence electrons. The van der Waals surface area contributed by atoms with Gasteiger partial charge in [-0.15, -0.1) is 0 Å². The first-order valence-electron chi connectivity index (χ1n) is 1.15. The van der Waals surface area contributed by atoms with Crippen LogP contribution in [0.4, 0.5) is 0 Å². The average Bonchev–Trinajstić information content (AvgIpc) is 1.37. The van der Waals surface area contributed by atoms with E-state index in [0.29, 0.717) is 0 Å². The number of hydrogen-bond donors (Lipinski definition) is 0. The second-order valence-electron chi connectivity index (χ2n) is 0.471. The number of hydrogen-bond acceptors (Lipinski definition) is 0. The Morgan fingerprint density at radius 2 is 1.20 bits per heavy atom. The van der Waals surface area contributed by atoms with Crippen LogP contribution in [-0.4, -0.2) is 37.7 Å². The van der Waals surface area contributed by atoms with Crippen LogP contribution >= 0.6 is 0 Å². The fourth-order valence-electron chi connectivity index (χ4n) is 0. The molecule has 0 aliphatic rings. The van der Waals surface area contributed by atoms with Crippen molar-refractivity contribution >= 4 is 37.7 Å². The van der Waals surface area contributed by atoms with Gasteiger partial charge in [-0.25, -0.2) is 0 Å². The Balaban J connectivity index is 0. The Bertz CT molecular complexity index is 18.8. The molecule has 0 saturated carbocycles. The van der Waals surface area contributed by atoms with Crippen molar-refractivity contribution in [3.8, 4) is 0 Å². The third-order valence-electron chi connectivity index (χ3n) is 0.167. The second-order valence-corrected chi connectivity index (χ2v) is 0.471. The summed E-state index contributed by atoms with van der Waals surface area (Å²) < 4.78 is 0. The first-order valence-corrected chi connectivity index (χ1v) is 1.15. The summed E-state index contributed by atoms with van der Waals surface area (Å²) in [7, 11) is 0. The molecule has 0 unspecified atom stereocenters. The van der Waals surface area contributed by atoms with E-state index in [4.69, 9.17) is 0 Å². The van der Waals surface area contributed by atoms with Crippen LogP contribution in [0.1, 0.15) is 0 Å². The van der Waals surface area contributed by atoms with E-state index >= 15 is 0 Å². The van der Waals surface area contributed by atoms with Gasteiger partial charge < -0.3 is 26.0 Å². The molecule has 0 radical (unpaired) electrons. The largest absolute Gasteiger partial charge is 2.00 e. The molecule has 0 spiro atoms. The quantitative estimate of drug-likeness (QED) is 0.308. The predicted molar refractivity (Wildman–Crippen MR) is 25.6 cm³/mol. The van der Waals surface area contributed by atoms with Gasteiger partial charge in [0.15, 0.2) is 0 Å². The van der Waals surface area contributed by atoms with Gasteiger partial charge in [-0.2, -0.15) is 0 Å². The molecule has 1 heteroatoms. The van der Waals surface area contributed by atoms with E-state index < -0.39 is 0 Å². The molecule has 0 heterocycles. The van der Waals surface area contributed by atoms with Gasteiger partial charge in [0.05, 0.1) is 0 Å². The number of rotatable bonds is 0. The minimum atomic E-state index is 0. The maximum Gasteiger partial charge on any atom is 2.00 e. The van der Waals surface area contributed by atoms with E-state index in [9.17, 15) is 0 Å². The molecule has 0 saturated heterocycles. The Morgan fingerprint density at radius 3 is 1.20 bits per heavy atom. The molecule has 0 aromatic rings. The summed E-state index contributed by atoms with van der Waals surface area (Å²) in [6.07, 6.45) is 3.28. The van der Waals surface area contributed by atoms with Gasteiger partial charge >= 0.3 is 37.7 Å². The van der Waals surface area contributed by atoms with Crippen LogP contribution in [0.2, 0.25) is 0 Å². The first kappa shape index (κ1) is 9.22. The van der Waals surface area contributed by atoms with Crippen LogP contribution < -0.4 is 0 Å². The van der Waals surface area contributed by atoms with Gasteiger partial charge in [0.1, 0.15) is 0 Å². The molecule has 5 heavy (non-hydrogen) atoms. The van der Waals surface area contributed by atoms with Gasteiger partial charge in [-0.05, 0) is 0 Å². The monoisotopic (exact) mass is 94.0 g/mol. The molecule has 0 amide bonds. The van der Waals surface area contributed by atoms with Crippen LogP contribution in [0.3, 0.4) is 0 Å². The molecule has 0 rings (SSSR count). The topological polar surface area (TPSA) is 0 Å². The molecule has 0 bridgehead atoms. The smallest absolute Gasteiger partial charge is 0.382 e. The van der Waals surface area contributed by atoms with E-state index in [-0.39, 0.29) is 37.7 Å². The van der Waals surface area contributed by atoms with Gasteiger partial charge in [-0.1, -0.05) is 0 Å². The van der Waals surface area contributed by atoms with Crippen molar-refractivity contribution in [1.82, 2.24) is 0 Å². The van der Waals surface area contributed by atoms with Crippen molar-refractivity contribution in [3.05, 3.63) is 26.0 Å². The molecule has 0 aromatic heterocycles. The molecule has 0 aromatic carbocycles. The zero-order valence-corrected chi connectivity index (χ0v) is 5.48. The van der Waals surface area contributed by atoms with Crippen LogP contribution in [0.25, 0.3) is 0 Å². The van der Waals surface area contributed by atoms with E-state index in [1.165, 1.54) is 0 Å². The van der Waals surface area contributed by atoms with E-state index in [1.807, 2.05) is 0 Å². The SMILES string of the molecule is [CH2-]C=C[CH2-].[Ca+2]. The third-order valence-corrected chi connectivity index (χ3v) is 0.167. The van der Waals surface area contributed by atoms with Gasteiger partial charge in [0, 0.05) is 0 Å². The van der Waals surface area contributed by atoms with Crippen molar-refractivity contribution < 1.29 is 0 Å². The van der Waals surface area contributed by atoms with Crippen molar-refractivity contribution in [3.63, 3.8) is 0 Å². The van der Waals surface area contributed by atoms with Crippen molar-refractivity contribution in [2.24, 2.45) is 0 Å². The Labute approximate surface area is 63.3 Å². The summed E-state index contributed by atoms with van der Waals surface area (Å²) in [6.45, 7) is 6.72. The zero-order chi connectivity index (χ0) is 3.41. The molecule has 0 fully saturated rings. The average molecular weight is 94.2 g/mol. The molecular weight excluding hydrogens is 88.1 g/mol. The maximum absolute atomic E-state index is 3.36. The molecule has 0 aliphatic carbocycles. The summed E-state index contributed by atoms with van der Waals surface area (Å²) in [6, 6.07) is 0. The van der Waals surface area contributed by atoms with Crippen molar-refractivity contribution in [1.29, 1.82) is 0 Å². The molecular formula is C4H6Ca. The summed E-state index contributed by atoms with van der Waals surface area (Å²) in [5.41, 5.74) is 0. The molecule has 0 atom stereocenters. The van der Waals surface area contributed by atoms with Crippen LogP contribution in [0.5, 0.6) is 0 Å². The number of allylic oxidation sites excluding steroid dienone is 2. The molecule has 0 N–H and O–H groups in total. The van der Waals surface area contributed by atoms with Gasteiger partial charge in [-0.3, -0.25) is 0 Å². The third kappa shape index (κ3) is 11.8. The van der Waals surface area contributed by atoms with Gasteiger partial charge in [0.2, 0.25) is 0 Å². The Hall–Kier alpha value is 0.740. The van der Waals surface area contributed by atoms with Gasteiger partial charge in [0.25, 0.3) is 0 Å². The fraction of sp³-hybridized carbons (Fsp3) is 0.